The van der Waals surface area contributed by atoms with Crippen LogP contribution >= 0.6 is 0 Å². The van der Waals surface area contributed by atoms with Crippen LogP contribution in [0.25, 0.3) is 0 Å². The Kier molecular flexibility index (Phi) is 13.0. The second-order valence-electron chi connectivity index (χ2n) is 12.9. The molecule has 3 fully saturated rings. The Labute approximate surface area is 257 Å². The molecule has 1 heterocycles. The lowest BCUT2D eigenvalue weighted by atomic mass is 9.82. The summed E-state index contributed by atoms with van der Waals surface area (Å²) in [5.74, 6) is 0.467. The van der Waals surface area contributed by atoms with Gasteiger partial charge in [-0.15, -0.1) is 0 Å². The van der Waals surface area contributed by atoms with E-state index in [2.05, 4.69) is 15.0 Å². The predicted molar refractivity (Wildman–Crippen MR) is 164 cm³/mol. The van der Waals surface area contributed by atoms with Crippen molar-refractivity contribution in [3.05, 3.63) is 31.5 Å². The van der Waals surface area contributed by atoms with Crippen LogP contribution < -0.4 is 17.1 Å². The van der Waals surface area contributed by atoms with Crippen LogP contribution in [-0.2, 0) is 34.0 Å². The van der Waals surface area contributed by atoms with Gasteiger partial charge in [0.1, 0.15) is 0 Å². The van der Waals surface area contributed by atoms with Gasteiger partial charge in [0, 0.05) is 19.6 Å². The lowest BCUT2D eigenvalue weighted by Gasteiger charge is -2.28. The molecule has 3 aliphatic rings. The minimum absolute atomic E-state index is 0.0635. The van der Waals surface area contributed by atoms with E-state index in [9.17, 15) is 28.8 Å². The summed E-state index contributed by atoms with van der Waals surface area (Å²) in [6.07, 6.45) is 19.4. The lowest BCUT2D eigenvalue weighted by molar-refractivity contribution is 0.267. The van der Waals surface area contributed by atoms with Crippen molar-refractivity contribution in [2.45, 2.75) is 147 Å². The van der Waals surface area contributed by atoms with Crippen molar-refractivity contribution >= 4 is 18.2 Å². The summed E-state index contributed by atoms with van der Waals surface area (Å²) in [6, 6.07) is -0.318. The Balaban J connectivity index is 1.55. The van der Waals surface area contributed by atoms with Gasteiger partial charge in [-0.05, 0) is 88.4 Å². The molecule has 0 bridgehead atoms. The molecule has 0 aromatic carbocycles. The summed E-state index contributed by atoms with van der Waals surface area (Å²) in [5, 5.41) is 0. The number of isocyanates is 3. The molecule has 1 aromatic heterocycles. The van der Waals surface area contributed by atoms with Crippen molar-refractivity contribution < 1.29 is 14.4 Å². The summed E-state index contributed by atoms with van der Waals surface area (Å²) in [7, 11) is 0. The number of rotatable bonds is 14. The highest BCUT2D eigenvalue weighted by Crippen LogP contribution is 2.32. The Morgan fingerprint density at radius 3 is 1.16 bits per heavy atom. The Bertz CT molecular complexity index is 1350. The van der Waals surface area contributed by atoms with Gasteiger partial charge in [0.05, 0.1) is 18.1 Å². The predicted octanol–water partition coefficient (Wildman–Crippen LogP) is 3.81. The second kappa shape index (κ2) is 17.1. The van der Waals surface area contributed by atoms with E-state index in [0.29, 0.717) is 32.1 Å². The third kappa shape index (κ3) is 8.59. The Morgan fingerprint density at radius 2 is 0.795 bits per heavy atom. The van der Waals surface area contributed by atoms with Crippen LogP contribution in [0.4, 0.5) is 0 Å². The van der Waals surface area contributed by atoms with Gasteiger partial charge in [-0.2, -0.15) is 0 Å². The number of hydrogen-bond acceptors (Lipinski definition) is 9. The highest BCUT2D eigenvalue weighted by Gasteiger charge is 2.28. The van der Waals surface area contributed by atoms with Gasteiger partial charge in [0.15, 0.2) is 0 Å². The highest BCUT2D eigenvalue weighted by atomic mass is 16.2. The minimum Gasteiger partial charge on any atom is -0.247 e. The van der Waals surface area contributed by atoms with E-state index in [-0.39, 0.29) is 55.5 Å². The van der Waals surface area contributed by atoms with Crippen molar-refractivity contribution in [1.29, 1.82) is 0 Å². The fourth-order valence-electron chi connectivity index (χ4n) is 7.86. The van der Waals surface area contributed by atoms with Crippen molar-refractivity contribution in [3.8, 4) is 0 Å². The van der Waals surface area contributed by atoms with E-state index in [4.69, 9.17) is 0 Å². The lowest BCUT2D eigenvalue weighted by Crippen LogP contribution is -2.54. The molecule has 0 aliphatic heterocycles. The van der Waals surface area contributed by atoms with Crippen LogP contribution in [0, 0.1) is 17.8 Å². The van der Waals surface area contributed by atoms with Gasteiger partial charge in [-0.25, -0.2) is 57.4 Å². The van der Waals surface area contributed by atoms with Crippen LogP contribution in [-0.4, -0.2) is 50.1 Å². The number of aromatic nitrogens is 3. The molecule has 12 nitrogen and oxygen atoms in total. The number of hydrogen-bond donors (Lipinski definition) is 0. The molecule has 4 rings (SSSR count). The van der Waals surface area contributed by atoms with E-state index in [1.807, 2.05) is 0 Å². The first-order valence-corrected chi connectivity index (χ1v) is 16.6. The van der Waals surface area contributed by atoms with Crippen molar-refractivity contribution in [3.63, 3.8) is 0 Å². The fourth-order valence-corrected chi connectivity index (χ4v) is 7.86. The van der Waals surface area contributed by atoms with Gasteiger partial charge < -0.3 is 0 Å². The van der Waals surface area contributed by atoms with E-state index in [1.54, 1.807) is 18.2 Å². The molecular weight excluding hydrogens is 564 g/mol. The molecule has 0 spiro atoms. The first-order valence-electron chi connectivity index (χ1n) is 16.6. The highest BCUT2D eigenvalue weighted by molar-refractivity contribution is 5.34. The van der Waals surface area contributed by atoms with Crippen LogP contribution in [0.1, 0.15) is 109 Å². The van der Waals surface area contributed by atoms with Crippen LogP contribution in [0.15, 0.2) is 29.4 Å². The SMILES string of the molecule is O=C=NC1CCCCC1CCCn1c(=O)n(CCCC2CCCCC2N=C=O)c(=O)n(CCC2CCCCC2N=C=O)c1=O. The zero-order valence-corrected chi connectivity index (χ0v) is 25.7. The largest absolute Gasteiger partial charge is 0.336 e. The van der Waals surface area contributed by atoms with E-state index >= 15 is 0 Å². The van der Waals surface area contributed by atoms with Crippen LogP contribution in [0.5, 0.6) is 0 Å². The molecule has 6 atom stereocenters. The summed E-state index contributed by atoms with van der Waals surface area (Å²) >= 11 is 0. The number of carbonyl (C=O) groups excluding carboxylic acids is 3. The summed E-state index contributed by atoms with van der Waals surface area (Å²) in [4.78, 5) is 85.7. The second-order valence-corrected chi connectivity index (χ2v) is 12.9. The molecule has 0 N–H and O–H groups in total. The molecule has 240 valence electrons. The standard InChI is InChI=1S/C32H46N6O6/c39-21-33-27-14-4-1-9-24(27)12-7-18-36-30(42)37(19-8-13-25-10-2-5-15-28(25)34-22-40)32(44)38(31(36)43)20-17-26-11-3-6-16-29(26)35-23-41/h24-29H,1-20H2. The molecule has 12 heteroatoms. The summed E-state index contributed by atoms with van der Waals surface area (Å²) in [5.41, 5.74) is -1.82. The van der Waals surface area contributed by atoms with Crippen molar-refractivity contribution in [1.82, 2.24) is 13.7 Å². The topological polar surface area (TPSA) is 154 Å². The van der Waals surface area contributed by atoms with Gasteiger partial charge in [-0.3, -0.25) is 0 Å². The molecule has 3 aliphatic carbocycles. The molecule has 44 heavy (non-hydrogen) atoms. The molecule has 0 saturated heterocycles. The van der Waals surface area contributed by atoms with E-state index in [0.717, 1.165) is 77.0 Å². The first-order chi connectivity index (χ1) is 21.5. The van der Waals surface area contributed by atoms with Gasteiger partial charge in [0.25, 0.3) is 0 Å². The van der Waals surface area contributed by atoms with Crippen molar-refractivity contribution in [2.24, 2.45) is 32.7 Å². The Morgan fingerprint density at radius 1 is 0.477 bits per heavy atom. The average molecular weight is 611 g/mol. The van der Waals surface area contributed by atoms with Gasteiger partial charge in [0.2, 0.25) is 18.2 Å². The molecule has 0 radical (unpaired) electrons. The van der Waals surface area contributed by atoms with Crippen LogP contribution in [0.2, 0.25) is 0 Å². The number of nitrogens with zero attached hydrogens (tertiary/aromatic N) is 6. The van der Waals surface area contributed by atoms with Gasteiger partial charge in [-0.1, -0.05) is 38.5 Å². The molecule has 6 unspecified atom stereocenters. The zero-order chi connectivity index (χ0) is 31.3. The molecule has 3 saturated carbocycles. The molecular formula is C32H46N6O6. The maximum absolute atomic E-state index is 13.6. The monoisotopic (exact) mass is 610 g/mol. The van der Waals surface area contributed by atoms with E-state index < -0.39 is 17.1 Å². The number of aliphatic imine (C=N–C) groups is 3. The average Bonchev–Trinajstić information content (AvgIpc) is 3.03. The summed E-state index contributed by atoms with van der Waals surface area (Å²) < 4.78 is 3.55. The quantitative estimate of drug-likeness (QED) is 0.231. The van der Waals surface area contributed by atoms with Crippen molar-refractivity contribution in [2.75, 3.05) is 0 Å². The molecule has 1 aromatic rings. The third-order valence-electron chi connectivity index (χ3n) is 10.3. The minimum atomic E-state index is -0.610. The maximum Gasteiger partial charge on any atom is 0.336 e. The molecule has 0 amide bonds. The maximum atomic E-state index is 13.6. The van der Waals surface area contributed by atoms with Crippen LogP contribution in [0.3, 0.4) is 0 Å². The van der Waals surface area contributed by atoms with E-state index in [1.165, 1.54) is 13.7 Å². The summed E-state index contributed by atoms with van der Waals surface area (Å²) in [6.45, 7) is 0.489. The smallest absolute Gasteiger partial charge is 0.247 e. The third-order valence-corrected chi connectivity index (χ3v) is 10.3. The normalized spacial score (nSPS) is 27.0. The van der Waals surface area contributed by atoms with Gasteiger partial charge >= 0.3 is 17.1 Å². The first kappa shape index (κ1) is 33.4. The Hall–Kier alpha value is -3.45. The fraction of sp³-hybridized carbons (Fsp3) is 0.812. The zero-order valence-electron chi connectivity index (χ0n) is 25.7.